The van der Waals surface area contributed by atoms with Crippen LogP contribution >= 0.6 is 0 Å². The Morgan fingerprint density at radius 3 is 2.68 bits per heavy atom. The first kappa shape index (κ1) is 20.5. The lowest BCUT2D eigenvalue weighted by Gasteiger charge is -2.37. The molecule has 2 aliphatic heterocycles. The number of hydrogen-bond donors (Lipinski definition) is 2. The number of piperazine rings is 1. The van der Waals surface area contributed by atoms with Crippen LogP contribution in [0.3, 0.4) is 0 Å². The Hall–Kier alpha value is -2.19. The molecule has 1 aromatic carbocycles. The van der Waals surface area contributed by atoms with Crippen molar-refractivity contribution in [3.63, 3.8) is 0 Å². The first-order chi connectivity index (χ1) is 13.6. The average Bonchev–Trinajstić information content (AvgIpc) is 3.26. The summed E-state index contributed by atoms with van der Waals surface area (Å²) in [5, 5.41) is 13.5. The molecule has 8 heteroatoms. The van der Waals surface area contributed by atoms with Crippen molar-refractivity contribution in [1.29, 1.82) is 0 Å². The van der Waals surface area contributed by atoms with E-state index in [0.717, 1.165) is 12.8 Å². The van der Waals surface area contributed by atoms with E-state index in [0.29, 0.717) is 45.3 Å². The molecule has 0 saturated carbocycles. The smallest absolute Gasteiger partial charge is 0.251 e. The lowest BCUT2D eigenvalue weighted by Crippen LogP contribution is -2.55. The summed E-state index contributed by atoms with van der Waals surface area (Å²) in [6.07, 6.45) is 0.455. The van der Waals surface area contributed by atoms with Crippen molar-refractivity contribution in [2.75, 3.05) is 45.9 Å². The molecule has 0 radical (unpaired) electrons. The average molecular weight is 392 g/mol. The minimum Gasteiger partial charge on any atom is -0.386 e. The van der Waals surface area contributed by atoms with E-state index >= 15 is 0 Å². The lowest BCUT2D eigenvalue weighted by molar-refractivity contribution is -0.142. The van der Waals surface area contributed by atoms with Crippen LogP contribution in [0.5, 0.6) is 0 Å². The van der Waals surface area contributed by atoms with E-state index in [2.05, 4.69) is 15.2 Å². The number of benzene rings is 1. The Balaban J connectivity index is 1.57. The molecule has 3 rings (SSSR count). The number of ether oxygens (including phenoxy) is 1. The van der Waals surface area contributed by atoms with Crippen LogP contribution in [0.1, 0.15) is 31.4 Å². The number of carbonyl (C=O) groups is 1. The predicted octanol–water partition coefficient (Wildman–Crippen LogP) is 1.15. The fraction of sp³-hybridized carbons (Fsp3) is 0.600. The third-order valence-electron chi connectivity index (χ3n) is 5.11. The van der Waals surface area contributed by atoms with E-state index in [1.165, 1.54) is 6.07 Å². The van der Waals surface area contributed by atoms with Crippen molar-refractivity contribution in [1.82, 2.24) is 15.1 Å². The van der Waals surface area contributed by atoms with Crippen molar-refractivity contribution in [3.05, 3.63) is 35.6 Å². The summed E-state index contributed by atoms with van der Waals surface area (Å²) in [4.78, 5) is 20.9. The molecule has 0 bridgehead atoms. The summed E-state index contributed by atoms with van der Waals surface area (Å²) in [6.45, 7) is 5.91. The molecule has 7 nitrogen and oxygen atoms in total. The van der Waals surface area contributed by atoms with Gasteiger partial charge in [-0.15, -0.1) is 0 Å². The molecule has 2 fully saturated rings. The number of amides is 1. The second kappa shape index (κ2) is 9.84. The number of aliphatic hydroxyl groups excluding tert-OH is 1. The van der Waals surface area contributed by atoms with Crippen LogP contribution in [-0.2, 0) is 9.53 Å². The fourth-order valence-corrected chi connectivity index (χ4v) is 3.56. The van der Waals surface area contributed by atoms with Gasteiger partial charge in [0.05, 0.1) is 6.54 Å². The zero-order chi connectivity index (χ0) is 19.9. The zero-order valence-corrected chi connectivity index (χ0v) is 16.3. The summed E-state index contributed by atoms with van der Waals surface area (Å²) in [5.74, 6) is 0.313. The van der Waals surface area contributed by atoms with Gasteiger partial charge in [-0.05, 0) is 25.8 Å². The van der Waals surface area contributed by atoms with Gasteiger partial charge in [-0.3, -0.25) is 9.79 Å². The molecule has 2 atom stereocenters. The van der Waals surface area contributed by atoms with E-state index in [4.69, 9.17) is 4.74 Å². The highest BCUT2D eigenvalue weighted by atomic mass is 19.1. The maximum atomic E-state index is 13.8. The number of guanidine groups is 1. The molecule has 2 saturated heterocycles. The molecule has 1 aromatic rings. The highest BCUT2D eigenvalue weighted by molar-refractivity contribution is 5.82. The van der Waals surface area contributed by atoms with Gasteiger partial charge >= 0.3 is 0 Å². The molecular weight excluding hydrogens is 363 g/mol. The third kappa shape index (κ3) is 4.99. The van der Waals surface area contributed by atoms with Crippen LogP contribution in [-0.4, -0.2) is 78.8 Å². The molecule has 0 spiro atoms. The van der Waals surface area contributed by atoms with Gasteiger partial charge in [-0.25, -0.2) is 4.39 Å². The molecule has 2 N–H and O–H groups in total. The Labute approximate surface area is 165 Å². The van der Waals surface area contributed by atoms with Crippen molar-refractivity contribution in [2.45, 2.75) is 32.0 Å². The van der Waals surface area contributed by atoms with Crippen LogP contribution in [0.25, 0.3) is 0 Å². The maximum absolute atomic E-state index is 13.8. The van der Waals surface area contributed by atoms with Crippen molar-refractivity contribution in [3.8, 4) is 0 Å². The van der Waals surface area contributed by atoms with Gasteiger partial charge in [-0.2, -0.15) is 0 Å². The number of nitrogens with zero attached hydrogens (tertiary/aromatic N) is 3. The molecule has 154 valence electrons. The molecule has 2 unspecified atom stereocenters. The SMILES string of the molecule is CCNC(=NCC(O)c1ccccc1F)N1CCN(C(=O)C2CCCO2)CC1. The van der Waals surface area contributed by atoms with Gasteiger partial charge < -0.3 is 25.0 Å². The standard InChI is InChI=1S/C20H29FN4O3/c1-2-22-20(23-14-17(26)15-6-3-4-7-16(15)21)25-11-9-24(10-12-25)19(27)18-8-5-13-28-18/h3-4,6-7,17-18,26H,2,5,8-14H2,1H3,(H,22,23). The van der Waals surface area contributed by atoms with Crippen molar-refractivity contribution < 1.29 is 19.0 Å². The van der Waals surface area contributed by atoms with E-state index in [9.17, 15) is 14.3 Å². The normalized spacial score (nSPS) is 21.7. The highest BCUT2D eigenvalue weighted by Crippen LogP contribution is 2.18. The molecule has 2 heterocycles. The first-order valence-electron chi connectivity index (χ1n) is 9.96. The molecular formula is C20H29FN4O3. The van der Waals surface area contributed by atoms with Crippen LogP contribution in [0, 0.1) is 5.82 Å². The number of aliphatic imine (C=N–C) groups is 1. The molecule has 0 aromatic heterocycles. The molecule has 2 aliphatic rings. The molecule has 28 heavy (non-hydrogen) atoms. The zero-order valence-electron chi connectivity index (χ0n) is 16.3. The van der Waals surface area contributed by atoms with Crippen LogP contribution in [0.2, 0.25) is 0 Å². The van der Waals surface area contributed by atoms with Gasteiger partial charge in [0.15, 0.2) is 5.96 Å². The number of nitrogens with one attached hydrogen (secondary N) is 1. The Kier molecular flexibility index (Phi) is 7.22. The minimum absolute atomic E-state index is 0.0678. The van der Waals surface area contributed by atoms with Gasteiger partial charge in [-0.1, -0.05) is 18.2 Å². The lowest BCUT2D eigenvalue weighted by atomic mass is 10.1. The quantitative estimate of drug-likeness (QED) is 0.581. The van der Waals surface area contributed by atoms with Crippen LogP contribution in [0.4, 0.5) is 4.39 Å². The predicted molar refractivity (Wildman–Crippen MR) is 104 cm³/mol. The van der Waals surface area contributed by atoms with Gasteiger partial charge in [0.1, 0.15) is 18.0 Å². The van der Waals surface area contributed by atoms with Gasteiger partial charge in [0.2, 0.25) is 0 Å². The number of carbonyl (C=O) groups excluding carboxylic acids is 1. The summed E-state index contributed by atoms with van der Waals surface area (Å²) in [7, 11) is 0. The van der Waals surface area contributed by atoms with Crippen molar-refractivity contribution in [2.24, 2.45) is 4.99 Å². The third-order valence-corrected chi connectivity index (χ3v) is 5.11. The monoisotopic (exact) mass is 392 g/mol. The van der Waals surface area contributed by atoms with Crippen LogP contribution < -0.4 is 5.32 Å². The van der Waals surface area contributed by atoms with E-state index in [1.807, 2.05) is 11.8 Å². The number of aliphatic hydroxyl groups is 1. The summed E-state index contributed by atoms with van der Waals surface area (Å²) < 4.78 is 19.3. The molecule has 1 amide bonds. The maximum Gasteiger partial charge on any atom is 0.251 e. The van der Waals surface area contributed by atoms with Crippen molar-refractivity contribution >= 4 is 11.9 Å². The second-order valence-corrected chi connectivity index (χ2v) is 7.05. The van der Waals surface area contributed by atoms with E-state index in [1.54, 1.807) is 18.2 Å². The topological polar surface area (TPSA) is 77.4 Å². The second-order valence-electron chi connectivity index (χ2n) is 7.05. The van der Waals surface area contributed by atoms with Crippen LogP contribution in [0.15, 0.2) is 29.3 Å². The number of rotatable bonds is 5. The number of halogens is 1. The summed E-state index contributed by atoms with van der Waals surface area (Å²) in [5.41, 5.74) is 0.245. The van der Waals surface area contributed by atoms with Gasteiger partial charge in [0.25, 0.3) is 5.91 Å². The fourth-order valence-electron chi connectivity index (χ4n) is 3.56. The Bertz CT molecular complexity index is 686. The number of hydrogen-bond acceptors (Lipinski definition) is 4. The Morgan fingerprint density at radius 1 is 1.32 bits per heavy atom. The molecule has 0 aliphatic carbocycles. The van der Waals surface area contributed by atoms with Gasteiger partial charge in [0, 0.05) is 44.9 Å². The van der Waals surface area contributed by atoms with E-state index in [-0.39, 0.29) is 24.1 Å². The summed E-state index contributed by atoms with van der Waals surface area (Å²) >= 11 is 0. The van der Waals surface area contributed by atoms with E-state index < -0.39 is 11.9 Å². The first-order valence-corrected chi connectivity index (χ1v) is 9.96. The highest BCUT2D eigenvalue weighted by Gasteiger charge is 2.31. The minimum atomic E-state index is -1.00. The largest absolute Gasteiger partial charge is 0.386 e. The summed E-state index contributed by atoms with van der Waals surface area (Å²) in [6, 6.07) is 6.19. The Morgan fingerprint density at radius 2 is 2.04 bits per heavy atom.